The van der Waals surface area contributed by atoms with Crippen LogP contribution in [0.3, 0.4) is 0 Å². The minimum atomic E-state index is -0.476. The zero-order valence-corrected chi connectivity index (χ0v) is 14.1. The molecule has 0 radical (unpaired) electrons. The molecule has 0 fully saturated rings. The SMILES string of the molecule is CC(=O)c1cccc(-c2cc(-c3cc4c([nH]3)CCNC4=O)c(F)cn2)c1. The molecule has 0 aliphatic carbocycles. The molecular formula is C20H16FN3O2. The number of halogens is 1. The molecule has 3 aromatic rings. The zero-order valence-electron chi connectivity index (χ0n) is 14.1. The zero-order chi connectivity index (χ0) is 18.3. The summed E-state index contributed by atoms with van der Waals surface area (Å²) in [6.07, 6.45) is 1.84. The smallest absolute Gasteiger partial charge is 0.253 e. The Kier molecular flexibility index (Phi) is 3.88. The Hall–Kier alpha value is -3.28. The molecule has 1 aromatic carbocycles. The van der Waals surface area contributed by atoms with Crippen LogP contribution in [-0.2, 0) is 6.42 Å². The maximum Gasteiger partial charge on any atom is 0.253 e. The fourth-order valence-corrected chi connectivity index (χ4v) is 3.14. The number of carbonyl (C=O) groups is 2. The van der Waals surface area contributed by atoms with Crippen molar-refractivity contribution in [2.75, 3.05) is 6.54 Å². The van der Waals surface area contributed by atoms with E-state index in [1.54, 1.807) is 30.3 Å². The quantitative estimate of drug-likeness (QED) is 0.712. The summed E-state index contributed by atoms with van der Waals surface area (Å²) < 4.78 is 14.4. The number of benzene rings is 1. The average molecular weight is 349 g/mol. The number of nitrogens with one attached hydrogen (secondary N) is 2. The van der Waals surface area contributed by atoms with Gasteiger partial charge in [-0.15, -0.1) is 0 Å². The number of nitrogens with zero attached hydrogens (tertiary/aromatic N) is 1. The van der Waals surface area contributed by atoms with Crippen molar-refractivity contribution in [2.45, 2.75) is 13.3 Å². The Morgan fingerprint density at radius 2 is 2.04 bits per heavy atom. The molecule has 2 N–H and O–H groups in total. The highest BCUT2D eigenvalue weighted by molar-refractivity contribution is 5.98. The molecule has 26 heavy (non-hydrogen) atoms. The monoisotopic (exact) mass is 349 g/mol. The van der Waals surface area contributed by atoms with E-state index in [0.717, 1.165) is 17.5 Å². The van der Waals surface area contributed by atoms with E-state index in [0.29, 0.717) is 41.0 Å². The first-order chi connectivity index (χ1) is 12.5. The largest absolute Gasteiger partial charge is 0.358 e. The number of rotatable bonds is 3. The van der Waals surface area contributed by atoms with Crippen molar-refractivity contribution in [1.82, 2.24) is 15.3 Å². The number of amides is 1. The second kappa shape index (κ2) is 6.22. The van der Waals surface area contributed by atoms with E-state index in [2.05, 4.69) is 15.3 Å². The van der Waals surface area contributed by atoms with E-state index in [-0.39, 0.29) is 11.7 Å². The lowest BCUT2D eigenvalue weighted by molar-refractivity contribution is 0.0945. The summed E-state index contributed by atoms with van der Waals surface area (Å²) in [7, 11) is 0. The predicted molar refractivity (Wildman–Crippen MR) is 95.5 cm³/mol. The highest BCUT2D eigenvalue weighted by atomic mass is 19.1. The fraction of sp³-hybridized carbons (Fsp3) is 0.150. The summed E-state index contributed by atoms with van der Waals surface area (Å²) in [4.78, 5) is 30.8. The Morgan fingerprint density at radius 1 is 1.19 bits per heavy atom. The highest BCUT2D eigenvalue weighted by Crippen LogP contribution is 2.29. The lowest BCUT2D eigenvalue weighted by Crippen LogP contribution is -2.31. The molecule has 0 bridgehead atoms. The lowest BCUT2D eigenvalue weighted by atomic mass is 10.0. The van der Waals surface area contributed by atoms with Crippen molar-refractivity contribution in [3.8, 4) is 22.5 Å². The number of carbonyl (C=O) groups excluding carboxylic acids is 2. The first-order valence-corrected chi connectivity index (χ1v) is 8.30. The van der Waals surface area contributed by atoms with Crippen LogP contribution in [-0.4, -0.2) is 28.2 Å². The van der Waals surface area contributed by atoms with Crippen LogP contribution in [0.15, 0.2) is 42.6 Å². The number of aromatic amines is 1. The summed E-state index contributed by atoms with van der Waals surface area (Å²) >= 11 is 0. The van der Waals surface area contributed by atoms with E-state index in [4.69, 9.17) is 0 Å². The van der Waals surface area contributed by atoms with Crippen molar-refractivity contribution < 1.29 is 14.0 Å². The van der Waals surface area contributed by atoms with Crippen molar-refractivity contribution in [2.24, 2.45) is 0 Å². The van der Waals surface area contributed by atoms with E-state index >= 15 is 0 Å². The van der Waals surface area contributed by atoms with E-state index in [1.807, 2.05) is 6.07 Å². The number of fused-ring (bicyclic) bond motifs is 1. The summed E-state index contributed by atoms with van der Waals surface area (Å²) in [6, 6.07) is 10.4. The minimum Gasteiger partial charge on any atom is -0.358 e. The summed E-state index contributed by atoms with van der Waals surface area (Å²) in [5.41, 5.74) is 4.08. The van der Waals surface area contributed by atoms with Gasteiger partial charge in [0.15, 0.2) is 11.6 Å². The summed E-state index contributed by atoms with van der Waals surface area (Å²) in [6.45, 7) is 2.06. The first-order valence-electron chi connectivity index (χ1n) is 8.30. The molecule has 0 saturated heterocycles. The second-order valence-electron chi connectivity index (χ2n) is 6.27. The molecule has 2 aromatic heterocycles. The van der Waals surface area contributed by atoms with Gasteiger partial charge in [-0.3, -0.25) is 14.6 Å². The third kappa shape index (κ3) is 2.79. The van der Waals surface area contributed by atoms with Crippen LogP contribution in [0.2, 0.25) is 0 Å². The van der Waals surface area contributed by atoms with Gasteiger partial charge < -0.3 is 10.3 Å². The number of pyridine rings is 1. The van der Waals surface area contributed by atoms with E-state index in [9.17, 15) is 14.0 Å². The molecule has 1 aliphatic rings. The maximum atomic E-state index is 14.4. The second-order valence-corrected chi connectivity index (χ2v) is 6.27. The van der Waals surface area contributed by atoms with Gasteiger partial charge in [0.25, 0.3) is 5.91 Å². The van der Waals surface area contributed by atoms with Crippen LogP contribution in [0.25, 0.3) is 22.5 Å². The van der Waals surface area contributed by atoms with Gasteiger partial charge in [-0.25, -0.2) is 4.39 Å². The molecule has 6 heteroatoms. The van der Waals surface area contributed by atoms with Gasteiger partial charge in [0, 0.05) is 41.0 Å². The van der Waals surface area contributed by atoms with Gasteiger partial charge in [-0.2, -0.15) is 0 Å². The Morgan fingerprint density at radius 3 is 2.81 bits per heavy atom. The Labute approximate surface area is 149 Å². The van der Waals surface area contributed by atoms with Crippen molar-refractivity contribution >= 4 is 11.7 Å². The number of H-pyrrole nitrogens is 1. The van der Waals surface area contributed by atoms with E-state index < -0.39 is 5.82 Å². The molecule has 1 aliphatic heterocycles. The van der Waals surface area contributed by atoms with Crippen molar-refractivity contribution in [1.29, 1.82) is 0 Å². The topological polar surface area (TPSA) is 74.8 Å². The predicted octanol–water partition coefficient (Wildman–Crippen LogP) is 3.37. The number of hydrogen-bond acceptors (Lipinski definition) is 3. The highest BCUT2D eigenvalue weighted by Gasteiger charge is 2.21. The molecule has 1 amide bonds. The maximum absolute atomic E-state index is 14.4. The molecule has 0 spiro atoms. The summed E-state index contributed by atoms with van der Waals surface area (Å²) in [5.74, 6) is -0.676. The van der Waals surface area contributed by atoms with Crippen LogP contribution in [0.4, 0.5) is 4.39 Å². The molecule has 3 heterocycles. The molecule has 130 valence electrons. The van der Waals surface area contributed by atoms with Gasteiger partial charge >= 0.3 is 0 Å². The Bertz CT molecular complexity index is 1040. The molecule has 5 nitrogen and oxygen atoms in total. The standard InChI is InChI=1S/C20H16FN3O2/c1-11(25)12-3-2-4-13(7-12)18-8-14(16(21)10-23-18)19-9-15-17(24-19)5-6-22-20(15)26/h2-4,7-10,24H,5-6H2,1H3,(H,22,26). The van der Waals surface area contributed by atoms with Crippen LogP contribution in [0.1, 0.15) is 33.3 Å². The van der Waals surface area contributed by atoms with Gasteiger partial charge in [-0.05, 0) is 25.1 Å². The minimum absolute atomic E-state index is 0.0442. The third-order valence-corrected chi connectivity index (χ3v) is 4.51. The molecule has 0 unspecified atom stereocenters. The van der Waals surface area contributed by atoms with Gasteiger partial charge in [0.05, 0.1) is 17.5 Å². The normalized spacial score (nSPS) is 13.2. The van der Waals surface area contributed by atoms with Crippen molar-refractivity contribution in [3.63, 3.8) is 0 Å². The summed E-state index contributed by atoms with van der Waals surface area (Å²) in [5, 5.41) is 2.77. The van der Waals surface area contributed by atoms with Crippen LogP contribution >= 0.6 is 0 Å². The average Bonchev–Trinajstić information content (AvgIpc) is 3.07. The van der Waals surface area contributed by atoms with Crippen LogP contribution in [0.5, 0.6) is 0 Å². The molecular weight excluding hydrogens is 333 g/mol. The van der Waals surface area contributed by atoms with Gasteiger partial charge in [0.2, 0.25) is 0 Å². The van der Waals surface area contributed by atoms with Crippen LogP contribution < -0.4 is 5.32 Å². The number of hydrogen-bond donors (Lipinski definition) is 2. The molecule has 0 saturated carbocycles. The number of aromatic nitrogens is 2. The number of Topliss-reactive ketones (excluding diaryl/α,β-unsaturated/α-hetero) is 1. The van der Waals surface area contributed by atoms with E-state index in [1.165, 1.54) is 6.92 Å². The van der Waals surface area contributed by atoms with Crippen LogP contribution in [0, 0.1) is 5.82 Å². The lowest BCUT2D eigenvalue weighted by Gasteiger charge is -2.11. The fourth-order valence-electron chi connectivity index (χ4n) is 3.14. The first kappa shape index (κ1) is 16.2. The number of ketones is 1. The van der Waals surface area contributed by atoms with Gasteiger partial charge in [-0.1, -0.05) is 18.2 Å². The van der Waals surface area contributed by atoms with Crippen molar-refractivity contribution in [3.05, 3.63) is 65.2 Å². The molecule has 0 atom stereocenters. The third-order valence-electron chi connectivity index (χ3n) is 4.51. The Balaban J connectivity index is 1.79. The molecule has 4 rings (SSSR count). The van der Waals surface area contributed by atoms with Gasteiger partial charge in [0.1, 0.15) is 0 Å².